The number of pyridine rings is 1. The van der Waals surface area contributed by atoms with Gasteiger partial charge in [-0.15, -0.1) is 0 Å². The third kappa shape index (κ3) is 3.83. The fourth-order valence-electron chi connectivity index (χ4n) is 3.19. The summed E-state index contributed by atoms with van der Waals surface area (Å²) in [5.41, 5.74) is 2.92. The van der Waals surface area contributed by atoms with Crippen LogP contribution in [0.5, 0.6) is 5.75 Å². The molecule has 3 aromatic rings. The number of ether oxygens (including phenoxy) is 1. The maximum absolute atomic E-state index is 13.0. The van der Waals surface area contributed by atoms with Gasteiger partial charge >= 0.3 is 0 Å². The Morgan fingerprint density at radius 2 is 1.93 bits per heavy atom. The number of nitrogens with one attached hydrogen (secondary N) is 1. The average Bonchev–Trinajstić information content (AvgIpc) is 2.99. The van der Waals surface area contributed by atoms with Crippen molar-refractivity contribution in [2.75, 3.05) is 13.7 Å². The second-order valence-electron chi connectivity index (χ2n) is 6.63. The molecule has 0 aliphatic carbocycles. The van der Waals surface area contributed by atoms with E-state index in [1.54, 1.807) is 38.4 Å². The number of aryl methyl sites for hydroxylation is 3. The van der Waals surface area contributed by atoms with Crippen molar-refractivity contribution in [3.05, 3.63) is 75.5 Å². The predicted octanol–water partition coefficient (Wildman–Crippen LogP) is 2.40. The van der Waals surface area contributed by atoms with E-state index in [1.807, 2.05) is 36.7 Å². The molecule has 0 bridgehead atoms. The number of amides is 1. The standard InChI is InChI=1S/C21H24N4O3/c1-14-9-11-24(17-7-5-6-8-18(17)28-4)21(27)19(14)20(26)22-10-12-25-16(3)13-15(2)23-25/h5-9,11,13H,10,12H2,1-4H3,(H,22,26). The summed E-state index contributed by atoms with van der Waals surface area (Å²) in [6.45, 7) is 6.57. The molecule has 0 spiro atoms. The summed E-state index contributed by atoms with van der Waals surface area (Å²) in [4.78, 5) is 25.7. The average molecular weight is 380 g/mol. The largest absolute Gasteiger partial charge is 0.495 e. The molecule has 0 radical (unpaired) electrons. The van der Waals surface area contributed by atoms with E-state index in [-0.39, 0.29) is 11.1 Å². The normalized spacial score (nSPS) is 10.7. The van der Waals surface area contributed by atoms with Crippen molar-refractivity contribution < 1.29 is 9.53 Å². The highest BCUT2D eigenvalue weighted by atomic mass is 16.5. The van der Waals surface area contributed by atoms with Crippen molar-refractivity contribution in [2.24, 2.45) is 0 Å². The first kappa shape index (κ1) is 19.4. The molecule has 7 heteroatoms. The van der Waals surface area contributed by atoms with Gasteiger partial charge in [0, 0.05) is 18.4 Å². The number of hydrogen-bond donors (Lipinski definition) is 1. The number of carbonyl (C=O) groups is 1. The van der Waals surface area contributed by atoms with Crippen LogP contribution in [0.1, 0.15) is 27.3 Å². The van der Waals surface area contributed by atoms with Crippen molar-refractivity contribution in [3.63, 3.8) is 0 Å². The monoisotopic (exact) mass is 380 g/mol. The molecule has 1 aromatic carbocycles. The third-order valence-electron chi connectivity index (χ3n) is 4.58. The first-order valence-corrected chi connectivity index (χ1v) is 9.07. The molecule has 0 saturated heterocycles. The maximum atomic E-state index is 13.0. The first-order chi connectivity index (χ1) is 13.4. The summed E-state index contributed by atoms with van der Waals surface area (Å²) in [6.07, 6.45) is 1.65. The minimum absolute atomic E-state index is 0.127. The van der Waals surface area contributed by atoms with Crippen LogP contribution in [0.25, 0.3) is 5.69 Å². The summed E-state index contributed by atoms with van der Waals surface area (Å²) in [6, 6.07) is 10.9. The van der Waals surface area contributed by atoms with Crippen LogP contribution in [0.2, 0.25) is 0 Å². The molecule has 1 N–H and O–H groups in total. The Kier molecular flexibility index (Phi) is 5.63. The van der Waals surface area contributed by atoms with Gasteiger partial charge in [-0.2, -0.15) is 5.10 Å². The van der Waals surface area contributed by atoms with E-state index in [0.717, 1.165) is 11.4 Å². The Bertz CT molecular complexity index is 1070. The number of para-hydroxylation sites is 2. The van der Waals surface area contributed by atoms with E-state index in [1.165, 1.54) is 4.57 Å². The molecule has 2 aromatic heterocycles. The van der Waals surface area contributed by atoms with Gasteiger partial charge in [-0.1, -0.05) is 12.1 Å². The van der Waals surface area contributed by atoms with Gasteiger partial charge in [0.25, 0.3) is 11.5 Å². The van der Waals surface area contributed by atoms with Gasteiger partial charge in [0.1, 0.15) is 11.3 Å². The predicted molar refractivity (Wildman–Crippen MR) is 107 cm³/mol. The molecule has 146 valence electrons. The molecule has 2 heterocycles. The summed E-state index contributed by atoms with van der Waals surface area (Å²) < 4.78 is 8.61. The number of nitrogens with zero attached hydrogens (tertiary/aromatic N) is 3. The van der Waals surface area contributed by atoms with E-state index < -0.39 is 5.91 Å². The van der Waals surface area contributed by atoms with Gasteiger partial charge in [0.05, 0.1) is 25.0 Å². The molecule has 0 fully saturated rings. The lowest BCUT2D eigenvalue weighted by molar-refractivity contribution is 0.0949. The van der Waals surface area contributed by atoms with E-state index in [2.05, 4.69) is 10.4 Å². The van der Waals surface area contributed by atoms with Crippen LogP contribution in [0, 0.1) is 20.8 Å². The van der Waals surface area contributed by atoms with Crippen LogP contribution in [0.4, 0.5) is 0 Å². The number of rotatable bonds is 6. The van der Waals surface area contributed by atoms with Crippen LogP contribution in [-0.2, 0) is 6.54 Å². The zero-order valence-corrected chi connectivity index (χ0v) is 16.5. The van der Waals surface area contributed by atoms with Crippen LogP contribution < -0.4 is 15.6 Å². The van der Waals surface area contributed by atoms with Crippen LogP contribution in [0.15, 0.2) is 47.4 Å². The lowest BCUT2D eigenvalue weighted by atomic mass is 10.1. The number of aromatic nitrogens is 3. The minimum atomic E-state index is -0.395. The highest BCUT2D eigenvalue weighted by molar-refractivity contribution is 5.95. The first-order valence-electron chi connectivity index (χ1n) is 9.07. The molecule has 0 atom stereocenters. The number of benzene rings is 1. The van der Waals surface area contributed by atoms with E-state index >= 15 is 0 Å². The zero-order valence-electron chi connectivity index (χ0n) is 16.5. The molecule has 0 saturated carbocycles. The van der Waals surface area contributed by atoms with E-state index in [4.69, 9.17) is 4.74 Å². The Balaban J connectivity index is 1.84. The molecular formula is C21H24N4O3. The molecule has 1 amide bonds. The number of carbonyl (C=O) groups excluding carboxylic acids is 1. The van der Waals surface area contributed by atoms with E-state index in [9.17, 15) is 9.59 Å². The molecule has 0 aliphatic heterocycles. The second-order valence-corrected chi connectivity index (χ2v) is 6.63. The highest BCUT2D eigenvalue weighted by Gasteiger charge is 2.17. The Hall–Kier alpha value is -3.35. The van der Waals surface area contributed by atoms with Crippen molar-refractivity contribution >= 4 is 5.91 Å². The molecule has 0 aliphatic rings. The van der Waals surface area contributed by atoms with Gasteiger partial charge in [-0.05, 0) is 50.6 Å². The molecule has 7 nitrogen and oxygen atoms in total. The van der Waals surface area contributed by atoms with Crippen molar-refractivity contribution in [2.45, 2.75) is 27.3 Å². The smallest absolute Gasteiger partial charge is 0.268 e. The summed E-state index contributed by atoms with van der Waals surface area (Å²) in [5.74, 6) is 0.164. The van der Waals surface area contributed by atoms with Crippen molar-refractivity contribution in [3.8, 4) is 11.4 Å². The summed E-state index contributed by atoms with van der Waals surface area (Å²) >= 11 is 0. The Morgan fingerprint density at radius 1 is 1.18 bits per heavy atom. The van der Waals surface area contributed by atoms with Crippen LogP contribution in [-0.4, -0.2) is 33.9 Å². The van der Waals surface area contributed by atoms with Gasteiger partial charge < -0.3 is 10.1 Å². The van der Waals surface area contributed by atoms with Gasteiger partial charge in [0.15, 0.2) is 0 Å². The summed E-state index contributed by atoms with van der Waals surface area (Å²) in [5, 5.41) is 7.20. The van der Waals surface area contributed by atoms with Crippen LogP contribution in [0.3, 0.4) is 0 Å². The topological polar surface area (TPSA) is 78.2 Å². The quantitative estimate of drug-likeness (QED) is 0.712. The number of methoxy groups -OCH3 is 1. The molecule has 3 rings (SSSR count). The highest BCUT2D eigenvalue weighted by Crippen LogP contribution is 2.21. The minimum Gasteiger partial charge on any atom is -0.495 e. The SMILES string of the molecule is COc1ccccc1-n1ccc(C)c(C(=O)NCCn2nc(C)cc2C)c1=O. The fraction of sp³-hybridized carbons (Fsp3) is 0.286. The second kappa shape index (κ2) is 8.12. The third-order valence-corrected chi connectivity index (χ3v) is 4.58. The number of hydrogen-bond acceptors (Lipinski definition) is 4. The maximum Gasteiger partial charge on any atom is 0.268 e. The fourth-order valence-corrected chi connectivity index (χ4v) is 3.19. The Labute approximate surface area is 163 Å². The molecule has 28 heavy (non-hydrogen) atoms. The van der Waals surface area contributed by atoms with Gasteiger partial charge in [-0.3, -0.25) is 18.8 Å². The van der Waals surface area contributed by atoms with Crippen LogP contribution >= 0.6 is 0 Å². The summed E-state index contributed by atoms with van der Waals surface area (Å²) in [7, 11) is 1.55. The lowest BCUT2D eigenvalue weighted by Crippen LogP contribution is -2.35. The molecular weight excluding hydrogens is 356 g/mol. The van der Waals surface area contributed by atoms with E-state index in [0.29, 0.717) is 30.1 Å². The Morgan fingerprint density at radius 3 is 2.61 bits per heavy atom. The van der Waals surface area contributed by atoms with Gasteiger partial charge in [-0.25, -0.2) is 0 Å². The molecule has 0 unspecified atom stereocenters. The van der Waals surface area contributed by atoms with Crippen molar-refractivity contribution in [1.82, 2.24) is 19.7 Å². The zero-order chi connectivity index (χ0) is 20.3. The van der Waals surface area contributed by atoms with Gasteiger partial charge in [0.2, 0.25) is 0 Å². The van der Waals surface area contributed by atoms with Crippen molar-refractivity contribution in [1.29, 1.82) is 0 Å². The lowest BCUT2D eigenvalue weighted by Gasteiger charge is -2.14.